The summed E-state index contributed by atoms with van der Waals surface area (Å²) in [4.78, 5) is 12.4. The third-order valence-electron chi connectivity index (χ3n) is 4.64. The zero-order chi connectivity index (χ0) is 23.3. The molecule has 170 valence electrons. The average molecular weight is 495 g/mol. The molecule has 3 aromatic rings. The molecule has 0 spiro atoms. The topological polar surface area (TPSA) is 105 Å². The van der Waals surface area contributed by atoms with Crippen LogP contribution in [-0.4, -0.2) is 47.7 Å². The maximum absolute atomic E-state index is 12.5. The molecule has 0 aliphatic carbocycles. The van der Waals surface area contributed by atoms with Crippen LogP contribution >= 0.6 is 23.4 Å². The van der Waals surface area contributed by atoms with Crippen molar-refractivity contribution in [2.75, 3.05) is 12.8 Å². The molecule has 1 heterocycles. The number of rotatable bonds is 9. The minimum atomic E-state index is -3.53. The average Bonchev–Trinajstić information content (AvgIpc) is 3.25. The molecule has 0 saturated heterocycles. The van der Waals surface area contributed by atoms with E-state index in [-0.39, 0.29) is 34.4 Å². The molecule has 1 N–H and O–H groups in total. The standard InChI is InChI=1S/C21H23ClN4O4S2/c1-14(2)26(3)32(28,29)18-10-4-15(5-11-18)12-23-19(27)13-31-21-25-24-20(30-21)16-6-8-17(22)9-7-16/h4-11,14H,12-13H2,1-3H3,(H,23,27). The fourth-order valence-corrected chi connectivity index (χ4v) is 4.67. The molecule has 2 aromatic carbocycles. The minimum Gasteiger partial charge on any atom is -0.411 e. The van der Waals surface area contributed by atoms with Crippen LogP contribution in [0.3, 0.4) is 0 Å². The third kappa shape index (κ3) is 6.10. The Hall–Kier alpha value is -2.40. The number of carbonyl (C=O) groups is 1. The highest BCUT2D eigenvalue weighted by Crippen LogP contribution is 2.24. The highest BCUT2D eigenvalue weighted by atomic mass is 35.5. The normalized spacial score (nSPS) is 11.8. The zero-order valence-electron chi connectivity index (χ0n) is 17.8. The van der Waals surface area contributed by atoms with E-state index in [1.807, 2.05) is 13.8 Å². The van der Waals surface area contributed by atoms with E-state index in [1.54, 1.807) is 55.6 Å². The van der Waals surface area contributed by atoms with Gasteiger partial charge in [0.2, 0.25) is 21.8 Å². The lowest BCUT2D eigenvalue weighted by molar-refractivity contribution is -0.118. The summed E-state index contributed by atoms with van der Waals surface area (Å²) in [6.45, 7) is 3.90. The molecule has 1 aromatic heterocycles. The van der Waals surface area contributed by atoms with Gasteiger partial charge in [-0.3, -0.25) is 4.79 Å². The van der Waals surface area contributed by atoms with Crippen LogP contribution in [0.1, 0.15) is 19.4 Å². The Balaban J connectivity index is 1.50. The lowest BCUT2D eigenvalue weighted by Crippen LogP contribution is -2.33. The van der Waals surface area contributed by atoms with E-state index in [0.29, 0.717) is 10.9 Å². The Bertz CT molecular complexity index is 1160. The van der Waals surface area contributed by atoms with Gasteiger partial charge in [0.25, 0.3) is 5.22 Å². The number of nitrogens with zero attached hydrogens (tertiary/aromatic N) is 3. The second kappa shape index (κ2) is 10.5. The fraction of sp³-hybridized carbons (Fsp3) is 0.286. The van der Waals surface area contributed by atoms with Crippen LogP contribution < -0.4 is 5.32 Å². The molecule has 0 aliphatic heterocycles. The molecular formula is C21H23ClN4O4S2. The van der Waals surface area contributed by atoms with Crippen LogP contribution in [0, 0.1) is 0 Å². The smallest absolute Gasteiger partial charge is 0.277 e. The van der Waals surface area contributed by atoms with Gasteiger partial charge in [-0.1, -0.05) is 35.5 Å². The molecule has 8 nitrogen and oxygen atoms in total. The number of sulfonamides is 1. The molecule has 0 saturated carbocycles. The molecule has 0 unspecified atom stereocenters. The first-order valence-corrected chi connectivity index (χ1v) is 12.5. The highest BCUT2D eigenvalue weighted by Gasteiger charge is 2.22. The molecule has 0 fully saturated rings. The molecule has 0 atom stereocenters. The van der Waals surface area contributed by atoms with E-state index in [1.165, 1.54) is 4.31 Å². The quantitative estimate of drug-likeness (QED) is 0.450. The van der Waals surface area contributed by atoms with Crippen LogP contribution in [-0.2, 0) is 21.4 Å². The number of carbonyl (C=O) groups excluding carboxylic acids is 1. The van der Waals surface area contributed by atoms with Crippen LogP contribution in [0.15, 0.2) is 63.1 Å². The van der Waals surface area contributed by atoms with Gasteiger partial charge in [-0.05, 0) is 55.8 Å². The van der Waals surface area contributed by atoms with Gasteiger partial charge in [0.1, 0.15) is 0 Å². The summed E-state index contributed by atoms with van der Waals surface area (Å²) in [5, 5.41) is 11.6. The lowest BCUT2D eigenvalue weighted by Gasteiger charge is -2.21. The van der Waals surface area contributed by atoms with E-state index in [9.17, 15) is 13.2 Å². The second-order valence-corrected chi connectivity index (χ2v) is 10.6. The molecule has 0 bridgehead atoms. The SMILES string of the molecule is CC(C)N(C)S(=O)(=O)c1ccc(CNC(=O)CSc2nnc(-c3ccc(Cl)cc3)o2)cc1. The number of aromatic nitrogens is 2. The van der Waals surface area contributed by atoms with Gasteiger partial charge in [-0.25, -0.2) is 8.42 Å². The number of hydrogen-bond acceptors (Lipinski definition) is 7. The number of thioether (sulfide) groups is 1. The number of nitrogens with one attached hydrogen (secondary N) is 1. The van der Waals surface area contributed by atoms with Crippen LogP contribution in [0.2, 0.25) is 5.02 Å². The van der Waals surface area contributed by atoms with Gasteiger partial charge in [-0.2, -0.15) is 4.31 Å². The van der Waals surface area contributed by atoms with Gasteiger partial charge >= 0.3 is 0 Å². The summed E-state index contributed by atoms with van der Waals surface area (Å²) in [6, 6.07) is 13.3. The van der Waals surface area contributed by atoms with Gasteiger partial charge in [0.15, 0.2) is 0 Å². The summed E-state index contributed by atoms with van der Waals surface area (Å²) in [6.07, 6.45) is 0. The van der Waals surface area contributed by atoms with E-state index in [2.05, 4.69) is 15.5 Å². The largest absolute Gasteiger partial charge is 0.411 e. The van der Waals surface area contributed by atoms with Crippen molar-refractivity contribution in [2.24, 2.45) is 0 Å². The summed E-state index contributed by atoms with van der Waals surface area (Å²) in [5.74, 6) is 0.244. The molecule has 1 amide bonds. The number of halogens is 1. The Morgan fingerprint density at radius 1 is 1.12 bits per heavy atom. The van der Waals surface area contributed by atoms with Gasteiger partial charge in [0.05, 0.1) is 10.6 Å². The van der Waals surface area contributed by atoms with Crippen molar-refractivity contribution in [1.29, 1.82) is 0 Å². The van der Waals surface area contributed by atoms with Crippen molar-refractivity contribution in [1.82, 2.24) is 19.8 Å². The Kier molecular flexibility index (Phi) is 7.94. The molecular weight excluding hydrogens is 472 g/mol. The molecule has 3 rings (SSSR count). The molecule has 32 heavy (non-hydrogen) atoms. The zero-order valence-corrected chi connectivity index (χ0v) is 20.2. The lowest BCUT2D eigenvalue weighted by atomic mass is 10.2. The number of benzene rings is 2. The predicted octanol–water partition coefficient (Wildman–Crippen LogP) is 3.83. The highest BCUT2D eigenvalue weighted by molar-refractivity contribution is 7.99. The molecule has 0 aliphatic rings. The van der Waals surface area contributed by atoms with Crippen molar-refractivity contribution in [2.45, 2.75) is 36.6 Å². The Labute approximate surface area is 196 Å². The van der Waals surface area contributed by atoms with E-state index < -0.39 is 10.0 Å². The van der Waals surface area contributed by atoms with Crippen LogP contribution in [0.25, 0.3) is 11.5 Å². The fourth-order valence-electron chi connectivity index (χ4n) is 2.58. The Morgan fingerprint density at radius 2 is 1.78 bits per heavy atom. The Morgan fingerprint density at radius 3 is 2.41 bits per heavy atom. The van der Waals surface area contributed by atoms with Crippen molar-refractivity contribution in [3.05, 3.63) is 59.1 Å². The van der Waals surface area contributed by atoms with E-state index in [0.717, 1.165) is 22.9 Å². The molecule has 0 radical (unpaired) electrons. The third-order valence-corrected chi connectivity index (χ3v) is 7.76. The molecule has 11 heteroatoms. The van der Waals surface area contributed by atoms with Gasteiger partial charge < -0.3 is 9.73 Å². The number of hydrogen-bond donors (Lipinski definition) is 1. The minimum absolute atomic E-state index is 0.105. The predicted molar refractivity (Wildman–Crippen MR) is 124 cm³/mol. The van der Waals surface area contributed by atoms with E-state index in [4.69, 9.17) is 16.0 Å². The summed E-state index contributed by atoms with van der Waals surface area (Å²) >= 11 is 7.00. The van der Waals surface area contributed by atoms with Gasteiger partial charge in [0, 0.05) is 30.2 Å². The van der Waals surface area contributed by atoms with Gasteiger partial charge in [-0.15, -0.1) is 10.2 Å². The summed E-state index contributed by atoms with van der Waals surface area (Å²) < 4.78 is 31.9. The first-order chi connectivity index (χ1) is 15.2. The summed E-state index contributed by atoms with van der Waals surface area (Å²) in [7, 11) is -1.98. The van der Waals surface area contributed by atoms with Crippen molar-refractivity contribution >= 4 is 39.3 Å². The van der Waals surface area contributed by atoms with Crippen molar-refractivity contribution in [3.63, 3.8) is 0 Å². The summed E-state index contributed by atoms with van der Waals surface area (Å²) in [5.41, 5.74) is 1.53. The second-order valence-electron chi connectivity index (χ2n) is 7.20. The first kappa shape index (κ1) is 24.2. The van der Waals surface area contributed by atoms with Crippen LogP contribution in [0.4, 0.5) is 0 Å². The van der Waals surface area contributed by atoms with E-state index >= 15 is 0 Å². The monoisotopic (exact) mass is 494 g/mol. The maximum atomic E-state index is 12.5. The first-order valence-electron chi connectivity index (χ1n) is 9.72. The van der Waals surface area contributed by atoms with Crippen molar-refractivity contribution < 1.29 is 17.6 Å². The maximum Gasteiger partial charge on any atom is 0.277 e. The van der Waals surface area contributed by atoms with Crippen LogP contribution in [0.5, 0.6) is 0 Å². The number of amides is 1. The van der Waals surface area contributed by atoms with Crippen molar-refractivity contribution in [3.8, 4) is 11.5 Å².